The minimum Gasteiger partial charge on any atom is -0.506 e. The first kappa shape index (κ1) is 21.8. The van der Waals surface area contributed by atoms with Gasteiger partial charge in [0.25, 0.3) is 5.91 Å². The smallest absolute Gasteiger partial charge is 0.253 e. The maximum atomic E-state index is 12.6. The Bertz CT molecular complexity index is 1100. The highest BCUT2D eigenvalue weighted by atomic mass is 35.5. The van der Waals surface area contributed by atoms with Gasteiger partial charge in [-0.3, -0.25) is 14.6 Å². The third-order valence-corrected chi connectivity index (χ3v) is 5.62. The molecule has 3 heterocycles. The fraction of sp³-hybridized carbons (Fsp3) is 0.304. The largest absolute Gasteiger partial charge is 0.506 e. The van der Waals surface area contributed by atoms with E-state index in [0.29, 0.717) is 30.4 Å². The second-order valence-corrected chi connectivity index (χ2v) is 8.20. The Morgan fingerprint density at radius 3 is 2.81 bits per heavy atom. The van der Waals surface area contributed by atoms with E-state index in [2.05, 4.69) is 15.3 Å². The van der Waals surface area contributed by atoms with Crippen LogP contribution in [-0.2, 0) is 11.2 Å². The maximum Gasteiger partial charge on any atom is 0.253 e. The van der Waals surface area contributed by atoms with E-state index in [1.807, 2.05) is 24.3 Å². The number of benzene rings is 1. The predicted molar refractivity (Wildman–Crippen MR) is 118 cm³/mol. The molecule has 1 aliphatic heterocycles. The molecule has 1 unspecified atom stereocenters. The van der Waals surface area contributed by atoms with E-state index in [4.69, 9.17) is 16.0 Å². The second kappa shape index (κ2) is 9.82. The summed E-state index contributed by atoms with van der Waals surface area (Å²) in [5.41, 5.74) is 1.28. The zero-order valence-electron chi connectivity index (χ0n) is 17.3. The average Bonchev–Trinajstić information content (AvgIpc) is 3.27. The second-order valence-electron chi connectivity index (χ2n) is 7.76. The molecule has 1 aromatic carbocycles. The molecular formula is C23H23ClN4O4. The number of hydrogen-bond donors (Lipinski definition) is 2. The lowest BCUT2D eigenvalue weighted by atomic mass is 9.98. The molecule has 2 amide bonds. The van der Waals surface area contributed by atoms with Gasteiger partial charge in [-0.15, -0.1) is 0 Å². The van der Waals surface area contributed by atoms with Crippen molar-refractivity contribution in [1.82, 2.24) is 20.2 Å². The molecule has 8 nitrogen and oxygen atoms in total. The summed E-state index contributed by atoms with van der Waals surface area (Å²) in [6.45, 7) is 0.981. The topological polar surface area (TPSA) is 109 Å². The molecule has 1 atom stereocenters. The van der Waals surface area contributed by atoms with Crippen molar-refractivity contribution in [1.29, 1.82) is 0 Å². The molecule has 32 heavy (non-hydrogen) atoms. The number of hydrogen-bond acceptors (Lipinski definition) is 6. The predicted octanol–water partition coefficient (Wildman–Crippen LogP) is 3.16. The van der Waals surface area contributed by atoms with Crippen LogP contribution in [-0.4, -0.2) is 51.4 Å². The van der Waals surface area contributed by atoms with E-state index >= 15 is 0 Å². The summed E-state index contributed by atoms with van der Waals surface area (Å²) >= 11 is 5.93. The Labute approximate surface area is 190 Å². The molecular weight excluding hydrogens is 432 g/mol. The van der Waals surface area contributed by atoms with Crippen LogP contribution in [0.2, 0.25) is 5.02 Å². The summed E-state index contributed by atoms with van der Waals surface area (Å²) in [5, 5.41) is 12.7. The van der Waals surface area contributed by atoms with Crippen molar-refractivity contribution < 1.29 is 19.1 Å². The molecule has 1 saturated heterocycles. The number of piperidine rings is 1. The number of oxazole rings is 1. The normalized spacial score (nSPS) is 16.0. The first-order valence-corrected chi connectivity index (χ1v) is 10.7. The third-order valence-electron chi connectivity index (χ3n) is 5.37. The minimum absolute atomic E-state index is 0.0117. The molecule has 0 spiro atoms. The van der Waals surface area contributed by atoms with Gasteiger partial charge >= 0.3 is 0 Å². The summed E-state index contributed by atoms with van der Waals surface area (Å²) in [7, 11) is 0. The highest BCUT2D eigenvalue weighted by molar-refractivity contribution is 6.30. The van der Waals surface area contributed by atoms with E-state index in [1.165, 1.54) is 18.5 Å². The van der Waals surface area contributed by atoms with Gasteiger partial charge in [0, 0.05) is 30.7 Å². The van der Waals surface area contributed by atoms with Crippen LogP contribution in [0.25, 0.3) is 0 Å². The van der Waals surface area contributed by atoms with Crippen molar-refractivity contribution in [2.45, 2.75) is 25.2 Å². The van der Waals surface area contributed by atoms with Gasteiger partial charge in [0.05, 0.1) is 30.4 Å². The highest BCUT2D eigenvalue weighted by Gasteiger charge is 2.28. The molecule has 4 rings (SSSR count). The number of halogens is 1. The Hall–Kier alpha value is -3.39. The molecule has 0 aliphatic carbocycles. The average molecular weight is 455 g/mol. The van der Waals surface area contributed by atoms with Crippen molar-refractivity contribution in [3.05, 3.63) is 76.7 Å². The summed E-state index contributed by atoms with van der Waals surface area (Å²) < 4.78 is 5.97. The van der Waals surface area contributed by atoms with Gasteiger partial charge in [-0.05, 0) is 36.6 Å². The minimum atomic E-state index is -0.463. The summed E-state index contributed by atoms with van der Waals surface area (Å²) in [6, 6.07) is 8.89. The van der Waals surface area contributed by atoms with E-state index in [9.17, 15) is 14.7 Å². The number of carbonyl (C=O) groups excluding carboxylic acids is 2. The first-order chi connectivity index (χ1) is 15.5. The van der Waals surface area contributed by atoms with E-state index in [-0.39, 0.29) is 29.7 Å². The molecule has 3 aromatic rings. The van der Waals surface area contributed by atoms with E-state index < -0.39 is 5.91 Å². The van der Waals surface area contributed by atoms with Crippen LogP contribution >= 0.6 is 11.6 Å². The van der Waals surface area contributed by atoms with Gasteiger partial charge in [0.15, 0.2) is 5.89 Å². The summed E-state index contributed by atoms with van der Waals surface area (Å²) in [5.74, 6) is 0.653. The number of nitrogens with zero attached hydrogens (tertiary/aromatic N) is 3. The van der Waals surface area contributed by atoms with Gasteiger partial charge < -0.3 is 19.7 Å². The van der Waals surface area contributed by atoms with Crippen LogP contribution in [0.1, 0.15) is 46.3 Å². The number of aromatic nitrogens is 2. The molecule has 0 radical (unpaired) electrons. The van der Waals surface area contributed by atoms with Gasteiger partial charge in [-0.2, -0.15) is 0 Å². The Balaban J connectivity index is 1.32. The van der Waals surface area contributed by atoms with Crippen molar-refractivity contribution in [2.75, 3.05) is 19.6 Å². The van der Waals surface area contributed by atoms with Crippen LogP contribution in [0.4, 0.5) is 0 Å². The van der Waals surface area contributed by atoms with Gasteiger partial charge in [-0.1, -0.05) is 23.7 Å². The van der Waals surface area contributed by atoms with Crippen molar-refractivity contribution in [2.24, 2.45) is 0 Å². The third kappa shape index (κ3) is 5.45. The Morgan fingerprint density at radius 2 is 2.03 bits per heavy atom. The summed E-state index contributed by atoms with van der Waals surface area (Å²) in [6.07, 6.45) is 6.63. The lowest BCUT2D eigenvalue weighted by Gasteiger charge is -2.31. The van der Waals surface area contributed by atoms with Crippen LogP contribution in [0.15, 0.2) is 53.3 Å². The van der Waals surface area contributed by atoms with Gasteiger partial charge in [-0.25, -0.2) is 4.98 Å². The molecule has 166 valence electrons. The van der Waals surface area contributed by atoms with Gasteiger partial charge in [0.2, 0.25) is 5.91 Å². The molecule has 1 aliphatic rings. The fourth-order valence-electron chi connectivity index (χ4n) is 3.72. The standard InChI is InChI=1S/C23H23ClN4O4/c24-18-5-3-15(4-6-18)8-20-12-27-23(32-20)16-2-1-7-28(14-16)21(30)13-26-22(31)17-9-19(29)11-25-10-17/h3-6,9-12,16,29H,1-2,7-8,13-14H2,(H,26,31). The van der Waals surface area contributed by atoms with E-state index in [1.54, 1.807) is 11.1 Å². The monoisotopic (exact) mass is 454 g/mol. The Morgan fingerprint density at radius 1 is 1.22 bits per heavy atom. The molecule has 0 saturated carbocycles. The SMILES string of the molecule is O=C(NCC(=O)N1CCCC(c2ncc(Cc3ccc(Cl)cc3)o2)C1)c1cncc(O)c1. The number of carbonyl (C=O) groups is 2. The number of amides is 2. The number of likely N-dealkylation sites (tertiary alicyclic amines) is 1. The molecule has 2 aromatic heterocycles. The Kier molecular flexibility index (Phi) is 6.70. The number of aromatic hydroxyl groups is 1. The first-order valence-electron chi connectivity index (χ1n) is 10.4. The highest BCUT2D eigenvalue weighted by Crippen LogP contribution is 2.27. The lowest BCUT2D eigenvalue weighted by molar-refractivity contribution is -0.131. The maximum absolute atomic E-state index is 12.6. The zero-order valence-corrected chi connectivity index (χ0v) is 18.1. The number of rotatable bonds is 6. The quantitative estimate of drug-likeness (QED) is 0.592. The van der Waals surface area contributed by atoms with Crippen LogP contribution < -0.4 is 5.32 Å². The van der Waals surface area contributed by atoms with Crippen molar-refractivity contribution in [3.8, 4) is 5.75 Å². The van der Waals surface area contributed by atoms with Crippen LogP contribution in [0.3, 0.4) is 0 Å². The molecule has 2 N–H and O–H groups in total. The van der Waals surface area contributed by atoms with Crippen LogP contribution in [0, 0.1) is 0 Å². The van der Waals surface area contributed by atoms with Crippen LogP contribution in [0.5, 0.6) is 5.75 Å². The number of nitrogens with one attached hydrogen (secondary N) is 1. The zero-order chi connectivity index (χ0) is 22.5. The van der Waals surface area contributed by atoms with Crippen molar-refractivity contribution >= 4 is 23.4 Å². The molecule has 1 fully saturated rings. The number of pyridine rings is 1. The van der Waals surface area contributed by atoms with Gasteiger partial charge in [0.1, 0.15) is 11.5 Å². The fourth-order valence-corrected chi connectivity index (χ4v) is 3.85. The lowest BCUT2D eigenvalue weighted by Crippen LogP contribution is -2.44. The molecule has 0 bridgehead atoms. The van der Waals surface area contributed by atoms with E-state index in [0.717, 1.165) is 24.2 Å². The molecule has 9 heteroatoms. The summed E-state index contributed by atoms with van der Waals surface area (Å²) in [4.78, 5) is 34.7. The van der Waals surface area contributed by atoms with Crippen molar-refractivity contribution in [3.63, 3.8) is 0 Å².